The van der Waals surface area contributed by atoms with Crippen LogP contribution in [0.25, 0.3) is 16.5 Å². The fraction of sp³-hybridized carbons (Fsp3) is 0.448. The van der Waals surface area contributed by atoms with E-state index in [0.29, 0.717) is 24.8 Å². The van der Waals surface area contributed by atoms with Crippen molar-refractivity contribution in [3.63, 3.8) is 0 Å². The molecule has 1 aliphatic heterocycles. The van der Waals surface area contributed by atoms with Crippen LogP contribution in [0.4, 0.5) is 4.11 Å². The molecule has 4 aromatic rings. The van der Waals surface area contributed by atoms with Crippen LogP contribution in [-0.4, -0.2) is 57.1 Å². The number of aryl methyl sites for hydroxylation is 2. The van der Waals surface area contributed by atoms with Crippen LogP contribution in [0, 0.1) is 5.92 Å². The maximum Gasteiger partial charge on any atom is 0.279 e. The lowest BCUT2D eigenvalue weighted by molar-refractivity contribution is 0.0247. The molecular weight excluding hydrogens is 513 g/mol. The summed E-state index contributed by atoms with van der Waals surface area (Å²) in [7, 11) is -2.96. The standard InChI is InChI=1S/C29H36FN5O3Si/c1-20-26(38-27(28(20)39(2,3)30)14-16-34-19-23(15-17-36)32-33-34)13-10-21-8-11-24(12-9-21)35-29(37)25-7-5-4-6-22(25)18-31-35/h4-9,11-12,18-20,26-28,36H,10,13-17H2,1-3H3/t20-,26+,27-,28+/m0/s1. The minimum Gasteiger partial charge on any atom is -0.396 e. The summed E-state index contributed by atoms with van der Waals surface area (Å²) in [5.74, 6) is 0.127. The fourth-order valence-corrected chi connectivity index (χ4v) is 8.57. The van der Waals surface area contributed by atoms with Gasteiger partial charge < -0.3 is 14.0 Å². The lowest BCUT2D eigenvalue weighted by atomic mass is 9.95. The van der Waals surface area contributed by atoms with Gasteiger partial charge in [0.05, 0.1) is 35.2 Å². The van der Waals surface area contributed by atoms with Crippen molar-refractivity contribution in [1.29, 1.82) is 0 Å². The lowest BCUT2D eigenvalue weighted by Gasteiger charge is -2.28. The second kappa shape index (κ2) is 11.5. The highest BCUT2D eigenvalue weighted by Crippen LogP contribution is 2.47. The van der Waals surface area contributed by atoms with Crippen LogP contribution in [-0.2, 0) is 24.1 Å². The molecule has 1 aliphatic rings. The number of aromatic nitrogens is 5. The number of aliphatic hydroxyl groups excluding tert-OH is 1. The highest BCUT2D eigenvalue weighted by molar-refractivity contribution is 6.72. The van der Waals surface area contributed by atoms with Crippen molar-refractivity contribution in [3.8, 4) is 5.69 Å². The van der Waals surface area contributed by atoms with E-state index in [2.05, 4.69) is 22.3 Å². The number of hydrogen-bond acceptors (Lipinski definition) is 6. The van der Waals surface area contributed by atoms with Gasteiger partial charge in [0.1, 0.15) is 0 Å². The molecular formula is C29H36FN5O3Si. The molecule has 0 spiro atoms. The zero-order valence-corrected chi connectivity index (χ0v) is 23.7. The zero-order chi connectivity index (χ0) is 27.6. The van der Waals surface area contributed by atoms with Gasteiger partial charge in [-0.25, -0.2) is 0 Å². The predicted octanol–water partition coefficient (Wildman–Crippen LogP) is 4.48. The van der Waals surface area contributed by atoms with Crippen molar-refractivity contribution in [3.05, 3.63) is 82.5 Å². The molecule has 0 aliphatic carbocycles. The van der Waals surface area contributed by atoms with E-state index in [-0.39, 0.29) is 35.8 Å². The minimum absolute atomic E-state index is 0.0207. The molecule has 39 heavy (non-hydrogen) atoms. The van der Waals surface area contributed by atoms with E-state index in [1.165, 1.54) is 4.68 Å². The van der Waals surface area contributed by atoms with Crippen LogP contribution < -0.4 is 5.56 Å². The van der Waals surface area contributed by atoms with Crippen molar-refractivity contribution in [2.45, 2.75) is 70.0 Å². The Morgan fingerprint density at radius 3 is 2.56 bits per heavy atom. The van der Waals surface area contributed by atoms with Gasteiger partial charge in [0.15, 0.2) is 0 Å². The number of rotatable bonds is 10. The molecule has 206 valence electrons. The van der Waals surface area contributed by atoms with Crippen LogP contribution in [0.15, 0.2) is 65.7 Å². The second-order valence-electron chi connectivity index (χ2n) is 11.1. The number of nitrogens with zero attached hydrogens (tertiary/aromatic N) is 5. The third-order valence-electron chi connectivity index (χ3n) is 7.89. The van der Waals surface area contributed by atoms with Gasteiger partial charge in [0, 0.05) is 36.7 Å². The number of ether oxygens (including phenoxy) is 1. The molecule has 0 saturated carbocycles. The number of hydrogen-bond donors (Lipinski definition) is 1. The lowest BCUT2D eigenvalue weighted by Crippen LogP contribution is -2.36. The van der Waals surface area contributed by atoms with Crippen molar-refractivity contribution in [1.82, 2.24) is 24.8 Å². The van der Waals surface area contributed by atoms with Crippen molar-refractivity contribution < 1.29 is 14.0 Å². The van der Waals surface area contributed by atoms with Crippen LogP contribution >= 0.6 is 0 Å². The molecule has 5 rings (SSSR count). The Labute approximate surface area is 228 Å². The van der Waals surface area contributed by atoms with E-state index >= 15 is 4.11 Å². The molecule has 0 radical (unpaired) electrons. The molecule has 1 saturated heterocycles. The SMILES string of the molecule is C[C@@H]1[C@@H]([Si](C)(C)F)[C@H](CCn2cc(CCO)nn2)O[C@@H]1CCc1ccc(-n2ncc3ccccc3c2=O)cc1. The van der Waals surface area contributed by atoms with Gasteiger partial charge in [-0.1, -0.05) is 42.5 Å². The summed E-state index contributed by atoms with van der Waals surface area (Å²) in [6, 6.07) is 15.3. The van der Waals surface area contributed by atoms with E-state index in [9.17, 15) is 4.79 Å². The molecule has 1 fully saturated rings. The van der Waals surface area contributed by atoms with Crippen LogP contribution in [0.5, 0.6) is 0 Å². The van der Waals surface area contributed by atoms with E-state index in [4.69, 9.17) is 9.84 Å². The summed E-state index contributed by atoms with van der Waals surface area (Å²) in [6.07, 6.45) is 6.13. The fourth-order valence-electron chi connectivity index (χ4n) is 5.97. The first kappa shape index (κ1) is 27.4. The summed E-state index contributed by atoms with van der Waals surface area (Å²) < 4.78 is 25.1. The molecule has 0 bridgehead atoms. The summed E-state index contributed by atoms with van der Waals surface area (Å²) in [6.45, 7) is 6.33. The van der Waals surface area contributed by atoms with E-state index in [0.717, 1.165) is 35.2 Å². The van der Waals surface area contributed by atoms with Gasteiger partial charge in [0.2, 0.25) is 8.41 Å². The Morgan fingerprint density at radius 2 is 1.82 bits per heavy atom. The first-order chi connectivity index (χ1) is 18.7. The zero-order valence-electron chi connectivity index (χ0n) is 22.7. The topological polar surface area (TPSA) is 95.1 Å². The molecule has 3 heterocycles. The molecule has 4 atom stereocenters. The second-order valence-corrected chi connectivity index (χ2v) is 14.8. The average molecular weight is 550 g/mol. The normalized spacial score (nSPS) is 21.6. The number of halogens is 1. The Bertz CT molecular complexity index is 1470. The maximum atomic E-state index is 15.5. The highest BCUT2D eigenvalue weighted by Gasteiger charge is 2.50. The Morgan fingerprint density at radius 1 is 1.05 bits per heavy atom. The average Bonchev–Trinajstić information content (AvgIpc) is 3.50. The molecule has 8 nitrogen and oxygen atoms in total. The molecule has 1 N–H and O–H groups in total. The summed E-state index contributed by atoms with van der Waals surface area (Å²) >= 11 is 0. The van der Waals surface area contributed by atoms with Gasteiger partial charge in [-0.05, 0) is 62.0 Å². The van der Waals surface area contributed by atoms with E-state index in [1.807, 2.05) is 54.7 Å². The third kappa shape index (κ3) is 6.02. The van der Waals surface area contributed by atoms with E-state index < -0.39 is 8.41 Å². The predicted molar refractivity (Wildman–Crippen MR) is 151 cm³/mol. The number of fused-ring (bicyclic) bond motifs is 1. The molecule has 0 unspecified atom stereocenters. The Kier molecular flexibility index (Phi) is 8.06. The maximum absolute atomic E-state index is 15.5. The van der Waals surface area contributed by atoms with Gasteiger partial charge in [-0.2, -0.15) is 9.78 Å². The molecule has 2 aromatic heterocycles. The Balaban J connectivity index is 1.23. The van der Waals surface area contributed by atoms with Crippen molar-refractivity contribution in [2.24, 2.45) is 5.92 Å². The monoisotopic (exact) mass is 549 g/mol. The van der Waals surface area contributed by atoms with Gasteiger partial charge >= 0.3 is 0 Å². The third-order valence-corrected chi connectivity index (χ3v) is 10.4. The summed E-state index contributed by atoms with van der Waals surface area (Å²) in [5.41, 5.74) is 2.38. The van der Waals surface area contributed by atoms with Gasteiger partial charge in [-0.3, -0.25) is 9.48 Å². The smallest absolute Gasteiger partial charge is 0.279 e. The van der Waals surface area contributed by atoms with Crippen LogP contribution in [0.1, 0.15) is 31.0 Å². The first-order valence-corrected chi connectivity index (χ1v) is 16.6. The first-order valence-electron chi connectivity index (χ1n) is 13.6. The van der Waals surface area contributed by atoms with Crippen molar-refractivity contribution in [2.75, 3.05) is 6.61 Å². The minimum atomic E-state index is -2.96. The number of aliphatic hydroxyl groups is 1. The highest BCUT2D eigenvalue weighted by atomic mass is 28.4. The van der Waals surface area contributed by atoms with Gasteiger partial charge in [0.25, 0.3) is 5.56 Å². The molecule has 0 amide bonds. The summed E-state index contributed by atoms with van der Waals surface area (Å²) in [4.78, 5) is 12.9. The van der Waals surface area contributed by atoms with Crippen molar-refractivity contribution >= 4 is 19.2 Å². The number of benzene rings is 2. The van der Waals surface area contributed by atoms with Crippen LogP contribution in [0.3, 0.4) is 0 Å². The molecule has 10 heteroatoms. The van der Waals surface area contributed by atoms with Crippen LogP contribution in [0.2, 0.25) is 18.6 Å². The Hall–Kier alpha value is -3.21. The molecule has 2 aromatic carbocycles. The largest absolute Gasteiger partial charge is 0.396 e. The van der Waals surface area contributed by atoms with E-state index in [1.54, 1.807) is 24.0 Å². The van der Waals surface area contributed by atoms with Gasteiger partial charge in [-0.15, -0.1) is 5.10 Å². The quantitative estimate of drug-likeness (QED) is 0.232. The summed E-state index contributed by atoms with van der Waals surface area (Å²) in [5, 5.41) is 23.1.